The van der Waals surface area contributed by atoms with Gasteiger partial charge in [0.2, 0.25) is 0 Å². The highest BCUT2D eigenvalue weighted by atomic mass is 19.4. The Labute approximate surface area is 191 Å². The molecular formula is C22H20F4N8. The van der Waals surface area contributed by atoms with Crippen LogP contribution in [0.3, 0.4) is 0 Å². The van der Waals surface area contributed by atoms with E-state index >= 15 is 0 Å². The second-order valence-corrected chi connectivity index (χ2v) is 8.26. The van der Waals surface area contributed by atoms with Crippen molar-refractivity contribution in [1.29, 1.82) is 0 Å². The van der Waals surface area contributed by atoms with Crippen molar-refractivity contribution >= 4 is 22.7 Å². The summed E-state index contributed by atoms with van der Waals surface area (Å²) in [5.41, 5.74) is 11.4. The summed E-state index contributed by atoms with van der Waals surface area (Å²) in [7, 11) is 0. The zero-order chi connectivity index (χ0) is 24.1. The van der Waals surface area contributed by atoms with Gasteiger partial charge >= 0.3 is 6.18 Å². The van der Waals surface area contributed by atoms with Crippen LogP contribution in [0.2, 0.25) is 0 Å². The van der Waals surface area contributed by atoms with E-state index in [0.29, 0.717) is 18.7 Å². The number of nitrogens with two attached hydrogens (primary N) is 2. The van der Waals surface area contributed by atoms with E-state index in [9.17, 15) is 17.6 Å². The maximum Gasteiger partial charge on any atom is 0.419 e. The van der Waals surface area contributed by atoms with Crippen LogP contribution in [0.4, 0.5) is 29.1 Å². The first-order valence-electron chi connectivity index (χ1n) is 10.4. The van der Waals surface area contributed by atoms with Crippen molar-refractivity contribution in [2.45, 2.75) is 24.7 Å². The Hall–Kier alpha value is -3.80. The average Bonchev–Trinajstić information content (AvgIpc) is 3.39. The fourth-order valence-electron chi connectivity index (χ4n) is 4.46. The molecule has 1 unspecified atom stereocenters. The highest BCUT2D eigenvalue weighted by molar-refractivity contribution is 5.81. The monoisotopic (exact) mass is 472 g/mol. The Morgan fingerprint density at radius 2 is 1.88 bits per heavy atom. The molecule has 1 fully saturated rings. The Morgan fingerprint density at radius 1 is 1.06 bits per heavy atom. The molecule has 0 aliphatic carbocycles. The highest BCUT2D eigenvalue weighted by Crippen LogP contribution is 2.41. The first-order chi connectivity index (χ1) is 16.2. The van der Waals surface area contributed by atoms with E-state index < -0.39 is 23.1 Å². The predicted molar refractivity (Wildman–Crippen MR) is 117 cm³/mol. The van der Waals surface area contributed by atoms with Gasteiger partial charge in [0.05, 0.1) is 29.7 Å². The third-order valence-electron chi connectivity index (χ3n) is 6.10. The number of hydrogen-bond acceptors (Lipinski definition) is 7. The number of aromatic nitrogens is 5. The number of hydrogen-bond donors (Lipinski definition) is 2. The van der Waals surface area contributed by atoms with Gasteiger partial charge in [-0.15, -0.1) is 0 Å². The lowest BCUT2D eigenvalue weighted by molar-refractivity contribution is -0.140. The van der Waals surface area contributed by atoms with Gasteiger partial charge in [0, 0.05) is 30.5 Å². The third kappa shape index (κ3) is 3.69. The molecule has 1 saturated heterocycles. The summed E-state index contributed by atoms with van der Waals surface area (Å²) in [6, 6.07) is 7.55. The number of alkyl halides is 3. The van der Waals surface area contributed by atoms with E-state index in [1.165, 1.54) is 23.3 Å². The van der Waals surface area contributed by atoms with Crippen LogP contribution in [-0.4, -0.2) is 37.6 Å². The number of benzene rings is 1. The summed E-state index contributed by atoms with van der Waals surface area (Å²) in [4.78, 5) is 18.1. The molecule has 4 aromatic rings. The predicted octanol–water partition coefficient (Wildman–Crippen LogP) is 3.07. The minimum atomic E-state index is -4.92. The molecule has 1 aliphatic heterocycles. The molecule has 1 atom stereocenters. The minimum Gasteiger partial charge on any atom is -0.382 e. The van der Waals surface area contributed by atoms with Gasteiger partial charge in [-0.25, -0.2) is 19.3 Å². The van der Waals surface area contributed by atoms with Gasteiger partial charge in [0.1, 0.15) is 17.7 Å². The molecule has 0 spiro atoms. The van der Waals surface area contributed by atoms with Crippen LogP contribution in [0.25, 0.3) is 11.2 Å². The molecule has 1 aliphatic rings. The first-order valence-corrected chi connectivity index (χ1v) is 10.4. The van der Waals surface area contributed by atoms with Crippen LogP contribution < -0.4 is 16.4 Å². The first kappa shape index (κ1) is 22.0. The van der Waals surface area contributed by atoms with Crippen molar-refractivity contribution in [2.75, 3.05) is 23.7 Å². The van der Waals surface area contributed by atoms with E-state index in [2.05, 4.69) is 19.9 Å². The second kappa shape index (κ2) is 7.90. The Morgan fingerprint density at radius 3 is 2.62 bits per heavy atom. The van der Waals surface area contributed by atoms with Crippen LogP contribution >= 0.6 is 0 Å². The topological polar surface area (TPSA) is 112 Å². The van der Waals surface area contributed by atoms with Crippen molar-refractivity contribution in [1.82, 2.24) is 24.5 Å². The summed E-state index contributed by atoms with van der Waals surface area (Å²) >= 11 is 0. The molecule has 1 aromatic carbocycles. The maximum absolute atomic E-state index is 14.6. The number of pyridine rings is 1. The van der Waals surface area contributed by atoms with Gasteiger partial charge in [-0.1, -0.05) is 6.07 Å². The van der Waals surface area contributed by atoms with Crippen LogP contribution in [0, 0.1) is 5.82 Å². The lowest BCUT2D eigenvalue weighted by Crippen LogP contribution is -2.40. The molecule has 0 radical (unpaired) electrons. The average molecular weight is 472 g/mol. The van der Waals surface area contributed by atoms with E-state index in [0.717, 1.165) is 6.07 Å². The summed E-state index contributed by atoms with van der Waals surface area (Å²) in [6.07, 6.45) is -0.311. The number of imidazole rings is 1. The molecule has 0 bridgehead atoms. The normalized spacial score (nSPS) is 18.7. The Kier molecular flexibility index (Phi) is 5.12. The molecular weight excluding hydrogens is 452 g/mol. The van der Waals surface area contributed by atoms with E-state index in [4.69, 9.17) is 11.5 Å². The zero-order valence-corrected chi connectivity index (χ0v) is 17.8. The molecule has 0 saturated carbocycles. The summed E-state index contributed by atoms with van der Waals surface area (Å²) < 4.78 is 58.1. The third-order valence-corrected chi connectivity index (χ3v) is 6.10. The van der Waals surface area contributed by atoms with Crippen LogP contribution in [0.5, 0.6) is 0 Å². The van der Waals surface area contributed by atoms with Crippen molar-refractivity contribution in [3.63, 3.8) is 0 Å². The van der Waals surface area contributed by atoms with Crippen molar-refractivity contribution in [3.05, 3.63) is 71.8 Å². The SMILES string of the molecule is Nc1ncnc2c1ncn2Cc1c(N2CCC(N)(c3ccccn3)C2)ccc(F)c1C(F)(F)F. The quantitative estimate of drug-likeness (QED) is 0.439. The second-order valence-electron chi connectivity index (χ2n) is 8.26. The number of fused-ring (bicyclic) bond motifs is 1. The summed E-state index contributed by atoms with van der Waals surface area (Å²) in [5.74, 6) is -1.25. The highest BCUT2D eigenvalue weighted by Gasteiger charge is 2.42. The fraction of sp³-hybridized carbons (Fsp3) is 0.273. The molecule has 12 heteroatoms. The van der Waals surface area contributed by atoms with Crippen LogP contribution in [-0.2, 0) is 18.3 Å². The van der Waals surface area contributed by atoms with E-state index in [1.54, 1.807) is 23.2 Å². The fourth-order valence-corrected chi connectivity index (χ4v) is 4.46. The van der Waals surface area contributed by atoms with Crippen molar-refractivity contribution in [3.8, 4) is 0 Å². The molecule has 4 N–H and O–H groups in total. The standard InChI is InChI=1S/C22H20F4N8/c23-14-4-5-15(33-8-6-21(28,10-33)16-3-1-2-7-29-16)13(17(14)22(24,25)26)9-34-12-32-18-19(27)30-11-31-20(18)34/h1-5,7,11-12H,6,8-10,28H2,(H2,27,30,31). The number of anilines is 2. The molecule has 0 amide bonds. The van der Waals surface area contributed by atoms with Crippen molar-refractivity contribution < 1.29 is 17.6 Å². The lowest BCUT2D eigenvalue weighted by Gasteiger charge is -2.28. The summed E-state index contributed by atoms with van der Waals surface area (Å²) in [6.45, 7) is 0.273. The van der Waals surface area contributed by atoms with Gasteiger partial charge < -0.3 is 20.9 Å². The van der Waals surface area contributed by atoms with E-state index in [1.807, 2.05) is 6.07 Å². The van der Waals surface area contributed by atoms with Gasteiger partial charge in [0.25, 0.3) is 0 Å². The molecule has 3 aromatic heterocycles. The minimum absolute atomic E-state index is 0.0991. The number of rotatable bonds is 4. The van der Waals surface area contributed by atoms with Gasteiger partial charge in [-0.05, 0) is 30.7 Å². The molecule has 176 valence electrons. The van der Waals surface area contributed by atoms with E-state index in [-0.39, 0.29) is 41.3 Å². The van der Waals surface area contributed by atoms with Crippen LogP contribution in [0.1, 0.15) is 23.2 Å². The molecule has 34 heavy (non-hydrogen) atoms. The van der Waals surface area contributed by atoms with Gasteiger partial charge in [-0.3, -0.25) is 4.98 Å². The Balaban J connectivity index is 1.60. The zero-order valence-electron chi connectivity index (χ0n) is 17.8. The maximum atomic E-state index is 14.6. The smallest absolute Gasteiger partial charge is 0.382 e. The van der Waals surface area contributed by atoms with Crippen LogP contribution in [0.15, 0.2) is 49.2 Å². The molecule has 4 heterocycles. The number of halogens is 4. The number of nitrogen functional groups attached to an aromatic ring is 1. The number of nitrogens with zero attached hydrogens (tertiary/aromatic N) is 6. The van der Waals surface area contributed by atoms with Gasteiger partial charge in [-0.2, -0.15) is 13.2 Å². The van der Waals surface area contributed by atoms with Crippen molar-refractivity contribution in [2.24, 2.45) is 5.73 Å². The van der Waals surface area contributed by atoms with Gasteiger partial charge in [0.15, 0.2) is 11.5 Å². The molecule has 8 nitrogen and oxygen atoms in total. The Bertz CT molecular complexity index is 1350. The largest absolute Gasteiger partial charge is 0.419 e. The summed E-state index contributed by atoms with van der Waals surface area (Å²) in [5, 5.41) is 0. The lowest BCUT2D eigenvalue weighted by atomic mass is 9.95. The molecule has 5 rings (SSSR count).